The third kappa shape index (κ3) is 7.87. The summed E-state index contributed by atoms with van der Waals surface area (Å²) in [5.41, 5.74) is 5.11. The Kier molecular flexibility index (Phi) is 8.17. The number of rotatable bonds is 9. The van der Waals surface area contributed by atoms with E-state index in [4.69, 9.17) is 20.1 Å². The molecule has 92 valence electrons. The first-order valence-electron chi connectivity index (χ1n) is 4.39. The molecule has 0 spiro atoms. The molecule has 0 heterocycles. The maximum absolute atomic E-state index is 11.2. The standard InChI is InChI=1S/C7H18NO6P/c1-11-5-7(12-2)6-14-15(9,10)13-4-3-8/h7H,3-6,8H2,1-2H3,(H,9,10)/t7-/m1/s1. The lowest BCUT2D eigenvalue weighted by molar-refractivity contribution is -0.00785. The van der Waals surface area contributed by atoms with Gasteiger partial charge >= 0.3 is 7.82 Å². The van der Waals surface area contributed by atoms with Crippen LogP contribution in [-0.4, -0.2) is 51.6 Å². The first-order valence-corrected chi connectivity index (χ1v) is 5.89. The number of phosphoric acid groups is 1. The Morgan fingerprint density at radius 3 is 2.47 bits per heavy atom. The summed E-state index contributed by atoms with van der Waals surface area (Å²) in [4.78, 5) is 9.12. The van der Waals surface area contributed by atoms with Crippen molar-refractivity contribution in [2.24, 2.45) is 5.73 Å². The fraction of sp³-hybridized carbons (Fsp3) is 1.00. The van der Waals surface area contributed by atoms with E-state index < -0.39 is 13.9 Å². The van der Waals surface area contributed by atoms with E-state index in [0.29, 0.717) is 0 Å². The fourth-order valence-electron chi connectivity index (χ4n) is 0.753. The topological polar surface area (TPSA) is 100 Å². The van der Waals surface area contributed by atoms with E-state index in [2.05, 4.69) is 9.05 Å². The van der Waals surface area contributed by atoms with Gasteiger partial charge in [-0.3, -0.25) is 9.05 Å². The minimum Gasteiger partial charge on any atom is -0.382 e. The second kappa shape index (κ2) is 8.18. The molecule has 8 heteroatoms. The van der Waals surface area contributed by atoms with Gasteiger partial charge in [-0.1, -0.05) is 0 Å². The van der Waals surface area contributed by atoms with Crippen molar-refractivity contribution in [2.45, 2.75) is 6.10 Å². The van der Waals surface area contributed by atoms with Crippen LogP contribution in [0.25, 0.3) is 0 Å². The highest BCUT2D eigenvalue weighted by Crippen LogP contribution is 2.42. The zero-order chi connectivity index (χ0) is 11.7. The lowest BCUT2D eigenvalue weighted by Gasteiger charge is -2.16. The van der Waals surface area contributed by atoms with E-state index in [1.54, 1.807) is 0 Å². The fourth-order valence-corrected chi connectivity index (χ4v) is 1.52. The first-order chi connectivity index (χ1) is 7.05. The monoisotopic (exact) mass is 243 g/mol. The van der Waals surface area contributed by atoms with Gasteiger partial charge in [0.05, 0.1) is 19.8 Å². The van der Waals surface area contributed by atoms with Gasteiger partial charge in [-0.2, -0.15) is 0 Å². The highest BCUT2D eigenvalue weighted by atomic mass is 31.2. The summed E-state index contributed by atoms with van der Waals surface area (Å²) in [6.07, 6.45) is -0.406. The van der Waals surface area contributed by atoms with Gasteiger partial charge < -0.3 is 20.1 Å². The van der Waals surface area contributed by atoms with Gasteiger partial charge in [0.25, 0.3) is 0 Å². The first kappa shape index (κ1) is 15.0. The summed E-state index contributed by atoms with van der Waals surface area (Å²) in [5.74, 6) is 0. The number of nitrogens with two attached hydrogens (primary N) is 1. The molecule has 0 saturated carbocycles. The number of ether oxygens (including phenoxy) is 2. The Labute approximate surface area is 89.1 Å². The summed E-state index contributed by atoms with van der Waals surface area (Å²) >= 11 is 0. The van der Waals surface area contributed by atoms with Gasteiger partial charge in [-0.25, -0.2) is 4.57 Å². The molecule has 0 amide bonds. The summed E-state index contributed by atoms with van der Waals surface area (Å²) in [6.45, 7) is 0.311. The van der Waals surface area contributed by atoms with Crippen molar-refractivity contribution in [1.82, 2.24) is 0 Å². The molecule has 15 heavy (non-hydrogen) atoms. The number of hydrogen-bond donors (Lipinski definition) is 2. The SMILES string of the molecule is COC[C@H](COP(=O)(O)OCCN)OC. The molecule has 0 aliphatic carbocycles. The maximum Gasteiger partial charge on any atom is 0.472 e. The van der Waals surface area contributed by atoms with Crippen molar-refractivity contribution in [3.8, 4) is 0 Å². The molecule has 0 aliphatic rings. The van der Waals surface area contributed by atoms with Crippen LogP contribution in [0.1, 0.15) is 0 Å². The molecule has 0 aromatic heterocycles. The zero-order valence-electron chi connectivity index (χ0n) is 8.92. The second-order valence-electron chi connectivity index (χ2n) is 2.70. The van der Waals surface area contributed by atoms with Crippen LogP contribution in [0, 0.1) is 0 Å². The Morgan fingerprint density at radius 2 is 2.00 bits per heavy atom. The quantitative estimate of drug-likeness (QED) is 0.538. The van der Waals surface area contributed by atoms with Gasteiger partial charge in [-0.05, 0) is 0 Å². The van der Waals surface area contributed by atoms with E-state index in [1.807, 2.05) is 0 Å². The third-order valence-corrected chi connectivity index (χ3v) is 2.47. The van der Waals surface area contributed by atoms with Crippen LogP contribution in [0.2, 0.25) is 0 Å². The van der Waals surface area contributed by atoms with Crippen molar-refractivity contribution >= 4 is 7.82 Å². The molecule has 1 unspecified atom stereocenters. The molecular weight excluding hydrogens is 225 g/mol. The minimum atomic E-state index is -4.02. The smallest absolute Gasteiger partial charge is 0.382 e. The van der Waals surface area contributed by atoms with Gasteiger partial charge in [0.1, 0.15) is 6.10 Å². The molecule has 2 atom stereocenters. The molecule has 0 aromatic rings. The highest BCUT2D eigenvalue weighted by molar-refractivity contribution is 7.47. The normalized spacial score (nSPS) is 17.3. The van der Waals surface area contributed by atoms with E-state index >= 15 is 0 Å². The Hall–Kier alpha value is -0.0100. The second-order valence-corrected chi connectivity index (χ2v) is 4.15. The van der Waals surface area contributed by atoms with Crippen LogP contribution >= 0.6 is 7.82 Å². The number of methoxy groups -OCH3 is 2. The molecule has 0 saturated heterocycles. The summed E-state index contributed by atoms with van der Waals surface area (Å²) in [7, 11) is -1.07. The maximum atomic E-state index is 11.2. The summed E-state index contributed by atoms with van der Waals surface area (Å²) in [6, 6.07) is 0. The average Bonchev–Trinajstić information content (AvgIpc) is 2.21. The van der Waals surface area contributed by atoms with E-state index in [0.717, 1.165) is 0 Å². The lowest BCUT2D eigenvalue weighted by atomic mass is 10.4. The predicted molar refractivity (Wildman–Crippen MR) is 53.5 cm³/mol. The Bertz CT molecular complexity index is 202. The van der Waals surface area contributed by atoms with Crippen LogP contribution < -0.4 is 5.73 Å². The van der Waals surface area contributed by atoms with Crippen molar-refractivity contribution in [1.29, 1.82) is 0 Å². The van der Waals surface area contributed by atoms with Crippen molar-refractivity contribution < 1.29 is 28.0 Å². The molecule has 0 radical (unpaired) electrons. The largest absolute Gasteiger partial charge is 0.472 e. The lowest BCUT2D eigenvalue weighted by Crippen LogP contribution is -2.23. The van der Waals surface area contributed by atoms with Crippen LogP contribution in [0.15, 0.2) is 0 Å². The summed E-state index contributed by atoms with van der Waals surface area (Å²) in [5, 5.41) is 0. The molecule has 0 aromatic carbocycles. The number of hydrogen-bond acceptors (Lipinski definition) is 6. The van der Waals surface area contributed by atoms with Crippen LogP contribution in [-0.2, 0) is 23.1 Å². The predicted octanol–water partition coefficient (Wildman–Crippen LogP) is -0.260. The number of phosphoric ester groups is 1. The van der Waals surface area contributed by atoms with Gasteiger partial charge in [-0.15, -0.1) is 0 Å². The molecule has 0 aliphatic heterocycles. The van der Waals surface area contributed by atoms with Gasteiger partial charge in [0.2, 0.25) is 0 Å². The molecular formula is C7H18NO6P. The van der Waals surface area contributed by atoms with Crippen molar-refractivity contribution in [2.75, 3.05) is 40.6 Å². The van der Waals surface area contributed by atoms with Crippen LogP contribution in [0.3, 0.4) is 0 Å². The molecule has 0 bridgehead atoms. The van der Waals surface area contributed by atoms with Crippen molar-refractivity contribution in [3.63, 3.8) is 0 Å². The zero-order valence-corrected chi connectivity index (χ0v) is 9.81. The Morgan fingerprint density at radius 1 is 1.33 bits per heavy atom. The summed E-state index contributed by atoms with van der Waals surface area (Å²) < 4.78 is 30.1. The van der Waals surface area contributed by atoms with Crippen molar-refractivity contribution in [3.05, 3.63) is 0 Å². The molecule has 3 N–H and O–H groups in total. The minimum absolute atomic E-state index is 0.0320. The third-order valence-electron chi connectivity index (χ3n) is 1.48. The van der Waals surface area contributed by atoms with Crippen LogP contribution in [0.5, 0.6) is 0 Å². The Balaban J connectivity index is 3.84. The van der Waals surface area contributed by atoms with Gasteiger partial charge in [0.15, 0.2) is 0 Å². The molecule has 7 nitrogen and oxygen atoms in total. The average molecular weight is 243 g/mol. The van der Waals surface area contributed by atoms with E-state index in [9.17, 15) is 4.57 Å². The van der Waals surface area contributed by atoms with Gasteiger partial charge in [0, 0.05) is 20.8 Å². The van der Waals surface area contributed by atoms with E-state index in [-0.39, 0.29) is 26.4 Å². The molecule has 0 fully saturated rings. The van der Waals surface area contributed by atoms with E-state index in [1.165, 1.54) is 14.2 Å². The highest BCUT2D eigenvalue weighted by Gasteiger charge is 2.22. The molecule has 0 rings (SSSR count). The van der Waals surface area contributed by atoms with Crippen LogP contribution in [0.4, 0.5) is 0 Å².